The van der Waals surface area contributed by atoms with Crippen molar-refractivity contribution in [2.45, 2.75) is 25.9 Å². The van der Waals surface area contributed by atoms with E-state index in [1.54, 1.807) is 6.26 Å². The van der Waals surface area contributed by atoms with Gasteiger partial charge >= 0.3 is 6.01 Å². The Bertz CT molecular complexity index is 355. The molecule has 3 atom stereocenters. The molecule has 6 nitrogen and oxygen atoms in total. The first kappa shape index (κ1) is 13.1. The number of nitrogens with one attached hydrogen (secondary N) is 2. The van der Waals surface area contributed by atoms with Gasteiger partial charge in [-0.1, -0.05) is 5.10 Å². The molecule has 92 valence electrons. The molecule has 1 aromatic rings. The Morgan fingerprint density at radius 1 is 1.44 bits per heavy atom. The van der Waals surface area contributed by atoms with E-state index in [4.69, 9.17) is 4.42 Å². The summed E-state index contributed by atoms with van der Waals surface area (Å²) >= 11 is 0. The lowest BCUT2D eigenvalue weighted by Gasteiger charge is -2.09. The van der Waals surface area contributed by atoms with E-state index in [2.05, 4.69) is 20.8 Å². The quantitative estimate of drug-likeness (QED) is 0.762. The van der Waals surface area contributed by atoms with E-state index in [1.807, 2.05) is 20.9 Å². The van der Waals surface area contributed by atoms with Crippen molar-refractivity contribution in [2.24, 2.45) is 0 Å². The maximum absolute atomic E-state index is 11.0. The molecule has 1 rings (SSSR count). The SMILES string of the molecule is CNC(C)c1nnc(NC(C)CS(C)=O)o1. The van der Waals surface area contributed by atoms with Crippen molar-refractivity contribution < 1.29 is 8.63 Å². The molecule has 0 aliphatic rings. The van der Waals surface area contributed by atoms with Crippen LogP contribution in [0.15, 0.2) is 4.42 Å². The average Bonchev–Trinajstić information content (AvgIpc) is 2.63. The molecule has 1 aromatic heterocycles. The van der Waals surface area contributed by atoms with Gasteiger partial charge in [-0.3, -0.25) is 4.21 Å². The zero-order valence-corrected chi connectivity index (χ0v) is 10.8. The molecule has 3 unspecified atom stereocenters. The van der Waals surface area contributed by atoms with Crippen molar-refractivity contribution in [1.29, 1.82) is 0 Å². The van der Waals surface area contributed by atoms with E-state index in [0.29, 0.717) is 17.7 Å². The predicted octanol–water partition coefficient (Wildman–Crippen LogP) is 0.529. The fourth-order valence-electron chi connectivity index (χ4n) is 1.20. The van der Waals surface area contributed by atoms with Crippen LogP contribution in [0.2, 0.25) is 0 Å². The number of hydrogen-bond donors (Lipinski definition) is 2. The Balaban J connectivity index is 2.54. The van der Waals surface area contributed by atoms with Crippen molar-refractivity contribution in [3.63, 3.8) is 0 Å². The first-order valence-corrected chi connectivity index (χ1v) is 6.83. The van der Waals surface area contributed by atoms with Crippen LogP contribution in [0, 0.1) is 0 Å². The summed E-state index contributed by atoms with van der Waals surface area (Å²) in [6.45, 7) is 3.86. The second kappa shape index (κ2) is 5.95. The van der Waals surface area contributed by atoms with Gasteiger partial charge in [-0.05, 0) is 20.9 Å². The van der Waals surface area contributed by atoms with E-state index in [0.717, 1.165) is 0 Å². The van der Waals surface area contributed by atoms with E-state index >= 15 is 0 Å². The lowest BCUT2D eigenvalue weighted by Crippen LogP contribution is -2.22. The molecule has 0 aliphatic carbocycles. The summed E-state index contributed by atoms with van der Waals surface area (Å²) in [4.78, 5) is 0. The highest BCUT2D eigenvalue weighted by Gasteiger charge is 2.13. The molecular formula is C9H18N4O2S. The van der Waals surface area contributed by atoms with E-state index in [9.17, 15) is 4.21 Å². The maximum atomic E-state index is 11.0. The Morgan fingerprint density at radius 2 is 2.12 bits per heavy atom. The molecule has 0 saturated carbocycles. The summed E-state index contributed by atoms with van der Waals surface area (Å²) in [5.41, 5.74) is 0. The summed E-state index contributed by atoms with van der Waals surface area (Å²) in [5, 5.41) is 13.8. The van der Waals surface area contributed by atoms with Crippen molar-refractivity contribution >= 4 is 16.8 Å². The van der Waals surface area contributed by atoms with Crippen molar-refractivity contribution in [2.75, 3.05) is 24.4 Å². The van der Waals surface area contributed by atoms with Crippen molar-refractivity contribution in [3.05, 3.63) is 5.89 Å². The highest BCUT2D eigenvalue weighted by molar-refractivity contribution is 7.84. The van der Waals surface area contributed by atoms with Crippen LogP contribution < -0.4 is 10.6 Å². The van der Waals surface area contributed by atoms with Crippen LogP contribution in [-0.4, -0.2) is 39.5 Å². The zero-order valence-electron chi connectivity index (χ0n) is 9.98. The van der Waals surface area contributed by atoms with Crippen LogP contribution in [0.4, 0.5) is 6.01 Å². The van der Waals surface area contributed by atoms with Gasteiger partial charge in [-0.15, -0.1) is 5.10 Å². The minimum Gasteiger partial charge on any atom is -0.406 e. The zero-order chi connectivity index (χ0) is 12.1. The summed E-state index contributed by atoms with van der Waals surface area (Å²) in [6.07, 6.45) is 1.67. The Hall–Kier alpha value is -0.950. The van der Waals surface area contributed by atoms with Crippen molar-refractivity contribution in [3.8, 4) is 0 Å². The third-order valence-corrected chi connectivity index (χ3v) is 3.07. The second-order valence-electron chi connectivity index (χ2n) is 3.74. The van der Waals surface area contributed by atoms with Gasteiger partial charge in [-0.25, -0.2) is 0 Å². The summed E-state index contributed by atoms with van der Waals surface area (Å²) in [6, 6.07) is 0.442. The fourth-order valence-corrected chi connectivity index (χ4v) is 1.98. The molecule has 0 amide bonds. The number of rotatable bonds is 6. The van der Waals surface area contributed by atoms with E-state index in [-0.39, 0.29) is 12.1 Å². The van der Waals surface area contributed by atoms with Crippen LogP contribution in [-0.2, 0) is 10.8 Å². The Morgan fingerprint density at radius 3 is 2.69 bits per heavy atom. The average molecular weight is 246 g/mol. The first-order chi connectivity index (χ1) is 7.52. The topological polar surface area (TPSA) is 80.0 Å². The Labute approximate surface area is 97.7 Å². The number of hydrogen-bond acceptors (Lipinski definition) is 6. The fraction of sp³-hybridized carbons (Fsp3) is 0.778. The standard InChI is InChI=1S/C9H18N4O2S/c1-6(5-16(4)14)11-9-13-12-8(15-9)7(2)10-3/h6-7,10H,5H2,1-4H3,(H,11,13). The first-order valence-electron chi connectivity index (χ1n) is 5.10. The summed E-state index contributed by atoms with van der Waals surface area (Å²) < 4.78 is 16.4. The minimum absolute atomic E-state index is 0.0265. The third-order valence-electron chi connectivity index (χ3n) is 2.10. The van der Waals surface area contributed by atoms with Crippen LogP contribution in [0.3, 0.4) is 0 Å². The highest BCUT2D eigenvalue weighted by Crippen LogP contribution is 2.13. The smallest absolute Gasteiger partial charge is 0.315 e. The lowest BCUT2D eigenvalue weighted by molar-refractivity contribution is 0.439. The van der Waals surface area contributed by atoms with Gasteiger partial charge < -0.3 is 15.1 Å². The molecule has 0 bridgehead atoms. The summed E-state index contributed by atoms with van der Waals surface area (Å²) in [5.74, 6) is 1.09. The highest BCUT2D eigenvalue weighted by atomic mass is 32.2. The molecule has 2 N–H and O–H groups in total. The van der Waals surface area contributed by atoms with E-state index < -0.39 is 10.8 Å². The number of nitrogens with zero attached hydrogens (tertiary/aromatic N) is 2. The van der Waals surface area contributed by atoms with Gasteiger partial charge in [-0.2, -0.15) is 0 Å². The molecular weight excluding hydrogens is 228 g/mol. The molecule has 0 radical (unpaired) electrons. The molecule has 0 aromatic carbocycles. The molecule has 0 spiro atoms. The molecule has 7 heteroatoms. The lowest BCUT2D eigenvalue weighted by atomic mass is 10.3. The number of anilines is 1. The molecule has 0 aliphatic heterocycles. The normalized spacial score (nSPS) is 16.8. The van der Waals surface area contributed by atoms with Gasteiger partial charge in [0.15, 0.2) is 0 Å². The molecule has 16 heavy (non-hydrogen) atoms. The predicted molar refractivity (Wildman–Crippen MR) is 63.8 cm³/mol. The number of aromatic nitrogens is 2. The van der Waals surface area contributed by atoms with Crippen LogP contribution in [0.5, 0.6) is 0 Å². The molecule has 1 heterocycles. The van der Waals surface area contributed by atoms with Gasteiger partial charge in [0.05, 0.1) is 6.04 Å². The summed E-state index contributed by atoms with van der Waals surface area (Å²) in [7, 11) is 0.987. The van der Waals surface area contributed by atoms with Crippen LogP contribution in [0.1, 0.15) is 25.8 Å². The second-order valence-corrected chi connectivity index (χ2v) is 5.22. The van der Waals surface area contributed by atoms with Crippen LogP contribution >= 0.6 is 0 Å². The third kappa shape index (κ3) is 3.90. The molecule has 0 fully saturated rings. The Kier molecular flexibility index (Phi) is 4.88. The maximum Gasteiger partial charge on any atom is 0.315 e. The van der Waals surface area contributed by atoms with Crippen LogP contribution in [0.25, 0.3) is 0 Å². The molecule has 0 saturated heterocycles. The van der Waals surface area contributed by atoms with E-state index in [1.165, 1.54) is 0 Å². The van der Waals surface area contributed by atoms with Gasteiger partial charge in [0.25, 0.3) is 0 Å². The van der Waals surface area contributed by atoms with Gasteiger partial charge in [0.1, 0.15) is 0 Å². The van der Waals surface area contributed by atoms with Crippen molar-refractivity contribution in [1.82, 2.24) is 15.5 Å². The van der Waals surface area contributed by atoms with Gasteiger partial charge in [0.2, 0.25) is 5.89 Å². The largest absolute Gasteiger partial charge is 0.406 e. The minimum atomic E-state index is -0.838. The van der Waals surface area contributed by atoms with Gasteiger partial charge in [0, 0.05) is 28.9 Å². The monoisotopic (exact) mass is 246 g/mol.